The first-order valence-corrected chi connectivity index (χ1v) is 6.18. The number of carbonyl (C=O) groups is 1. The van der Waals surface area contributed by atoms with Crippen LogP contribution in [0.25, 0.3) is 0 Å². The van der Waals surface area contributed by atoms with E-state index in [1.54, 1.807) is 0 Å². The van der Waals surface area contributed by atoms with E-state index in [0.29, 0.717) is 11.2 Å². The van der Waals surface area contributed by atoms with Gasteiger partial charge in [0.2, 0.25) is 5.91 Å². The van der Waals surface area contributed by atoms with Crippen molar-refractivity contribution in [3.05, 3.63) is 22.6 Å². The summed E-state index contributed by atoms with van der Waals surface area (Å²) in [5.41, 5.74) is 0. The van der Waals surface area contributed by atoms with Crippen molar-refractivity contribution >= 4 is 21.8 Å². The summed E-state index contributed by atoms with van der Waals surface area (Å²) in [4.78, 5) is 11.5. The lowest BCUT2D eigenvalue weighted by Crippen LogP contribution is -2.41. The van der Waals surface area contributed by atoms with Gasteiger partial charge in [0.1, 0.15) is 5.76 Å². The van der Waals surface area contributed by atoms with Gasteiger partial charge in [0.05, 0.1) is 12.6 Å². The van der Waals surface area contributed by atoms with Crippen LogP contribution in [0.3, 0.4) is 0 Å². The van der Waals surface area contributed by atoms with E-state index < -0.39 is 0 Å². The van der Waals surface area contributed by atoms with Crippen LogP contribution in [0.5, 0.6) is 0 Å². The number of hydrogen-bond donors (Lipinski definition) is 2. The molecule has 1 amide bonds. The van der Waals surface area contributed by atoms with Crippen LogP contribution in [0.15, 0.2) is 21.2 Å². The van der Waals surface area contributed by atoms with E-state index in [9.17, 15) is 4.79 Å². The third-order valence-corrected chi connectivity index (χ3v) is 2.58. The molecule has 5 heteroatoms. The lowest BCUT2D eigenvalue weighted by atomic mass is 10.3. The van der Waals surface area contributed by atoms with Crippen molar-refractivity contribution in [2.75, 3.05) is 6.54 Å². The van der Waals surface area contributed by atoms with Gasteiger partial charge in [0.25, 0.3) is 0 Å². The lowest BCUT2D eigenvalue weighted by Gasteiger charge is -2.12. The van der Waals surface area contributed by atoms with E-state index in [-0.39, 0.29) is 11.9 Å². The Morgan fingerprint density at radius 3 is 2.88 bits per heavy atom. The standard InChI is InChI=1S/C11H17BrN2O2/c1-3-6-13-11(15)8(2)14-7-9-4-5-10(12)16-9/h4-5,8,14H,3,6-7H2,1-2H3,(H,13,15). The Balaban J connectivity index is 2.29. The van der Waals surface area contributed by atoms with Gasteiger partial charge in [-0.15, -0.1) is 0 Å². The van der Waals surface area contributed by atoms with Crippen molar-refractivity contribution in [1.29, 1.82) is 0 Å². The van der Waals surface area contributed by atoms with Gasteiger partial charge in [-0.25, -0.2) is 0 Å². The Hall–Kier alpha value is -0.810. The first-order chi connectivity index (χ1) is 7.63. The molecule has 1 atom stereocenters. The van der Waals surface area contributed by atoms with Gasteiger partial charge in [-0.3, -0.25) is 10.1 Å². The van der Waals surface area contributed by atoms with Crippen molar-refractivity contribution in [1.82, 2.24) is 10.6 Å². The lowest BCUT2D eigenvalue weighted by molar-refractivity contribution is -0.122. The highest BCUT2D eigenvalue weighted by Gasteiger charge is 2.11. The van der Waals surface area contributed by atoms with Crippen molar-refractivity contribution in [3.63, 3.8) is 0 Å². The Kier molecular flexibility index (Phi) is 5.55. The van der Waals surface area contributed by atoms with Crippen LogP contribution in [0.1, 0.15) is 26.0 Å². The Labute approximate surface area is 104 Å². The summed E-state index contributed by atoms with van der Waals surface area (Å²) in [5, 5.41) is 5.93. The average Bonchev–Trinajstić information content (AvgIpc) is 2.68. The highest BCUT2D eigenvalue weighted by molar-refractivity contribution is 9.10. The molecule has 2 N–H and O–H groups in total. The number of carbonyl (C=O) groups excluding carboxylic acids is 1. The molecule has 0 saturated heterocycles. The number of halogens is 1. The van der Waals surface area contributed by atoms with E-state index in [0.717, 1.165) is 18.7 Å². The Morgan fingerprint density at radius 1 is 1.56 bits per heavy atom. The van der Waals surface area contributed by atoms with Gasteiger partial charge < -0.3 is 9.73 Å². The summed E-state index contributed by atoms with van der Waals surface area (Å²) in [5.74, 6) is 0.828. The molecule has 1 unspecified atom stereocenters. The highest BCUT2D eigenvalue weighted by atomic mass is 79.9. The van der Waals surface area contributed by atoms with Crippen LogP contribution < -0.4 is 10.6 Å². The third-order valence-electron chi connectivity index (χ3n) is 2.15. The molecule has 0 saturated carbocycles. The normalized spacial score (nSPS) is 12.4. The van der Waals surface area contributed by atoms with Gasteiger partial charge in [0.15, 0.2) is 4.67 Å². The Morgan fingerprint density at radius 2 is 2.31 bits per heavy atom. The molecule has 0 aliphatic rings. The first-order valence-electron chi connectivity index (χ1n) is 5.38. The molecule has 0 radical (unpaired) electrons. The van der Waals surface area contributed by atoms with Crippen molar-refractivity contribution in [2.45, 2.75) is 32.9 Å². The minimum atomic E-state index is -0.213. The molecule has 1 aromatic heterocycles. The van der Waals surface area contributed by atoms with Gasteiger partial charge in [-0.1, -0.05) is 6.92 Å². The minimum absolute atomic E-state index is 0.0208. The number of nitrogens with one attached hydrogen (secondary N) is 2. The van der Waals surface area contributed by atoms with Crippen LogP contribution >= 0.6 is 15.9 Å². The SMILES string of the molecule is CCCNC(=O)C(C)NCc1ccc(Br)o1. The second kappa shape index (κ2) is 6.70. The van der Waals surface area contributed by atoms with Crippen LogP contribution in [0, 0.1) is 0 Å². The summed E-state index contributed by atoms with van der Waals surface area (Å²) in [7, 11) is 0. The zero-order valence-electron chi connectivity index (χ0n) is 9.55. The predicted octanol–water partition coefficient (Wildman–Crippen LogP) is 2.05. The summed E-state index contributed by atoms with van der Waals surface area (Å²) in [6.07, 6.45) is 0.948. The molecule has 16 heavy (non-hydrogen) atoms. The Bertz CT molecular complexity index is 338. The van der Waals surface area contributed by atoms with E-state index >= 15 is 0 Å². The maximum atomic E-state index is 11.5. The minimum Gasteiger partial charge on any atom is -0.453 e. The van der Waals surface area contributed by atoms with E-state index in [1.807, 2.05) is 26.0 Å². The molecular formula is C11H17BrN2O2. The largest absolute Gasteiger partial charge is 0.453 e. The number of amides is 1. The molecule has 1 rings (SSSR count). The van der Waals surface area contributed by atoms with Gasteiger partial charge >= 0.3 is 0 Å². The zero-order chi connectivity index (χ0) is 12.0. The maximum absolute atomic E-state index is 11.5. The van der Waals surface area contributed by atoms with Gasteiger partial charge in [-0.05, 0) is 41.4 Å². The number of hydrogen-bond acceptors (Lipinski definition) is 3. The van der Waals surface area contributed by atoms with Crippen molar-refractivity contribution in [2.24, 2.45) is 0 Å². The van der Waals surface area contributed by atoms with E-state index in [2.05, 4.69) is 26.6 Å². The number of furan rings is 1. The number of rotatable bonds is 6. The zero-order valence-corrected chi connectivity index (χ0v) is 11.1. The maximum Gasteiger partial charge on any atom is 0.236 e. The second-order valence-electron chi connectivity index (χ2n) is 3.60. The van der Waals surface area contributed by atoms with Crippen LogP contribution in [0.4, 0.5) is 0 Å². The molecule has 1 heterocycles. The molecule has 0 aromatic carbocycles. The molecule has 1 aromatic rings. The third kappa shape index (κ3) is 4.37. The summed E-state index contributed by atoms with van der Waals surface area (Å²) < 4.78 is 6.02. The van der Waals surface area contributed by atoms with Crippen molar-refractivity contribution < 1.29 is 9.21 Å². The molecule has 0 fully saturated rings. The molecule has 0 bridgehead atoms. The monoisotopic (exact) mass is 288 g/mol. The molecule has 4 nitrogen and oxygen atoms in total. The molecular weight excluding hydrogens is 272 g/mol. The van der Waals surface area contributed by atoms with Gasteiger partial charge in [-0.2, -0.15) is 0 Å². The topological polar surface area (TPSA) is 54.3 Å². The molecule has 0 aliphatic carbocycles. The van der Waals surface area contributed by atoms with Crippen LogP contribution in [-0.4, -0.2) is 18.5 Å². The smallest absolute Gasteiger partial charge is 0.236 e. The fourth-order valence-corrected chi connectivity index (χ4v) is 1.53. The van der Waals surface area contributed by atoms with Crippen LogP contribution in [0.2, 0.25) is 0 Å². The van der Waals surface area contributed by atoms with Crippen LogP contribution in [-0.2, 0) is 11.3 Å². The average molecular weight is 289 g/mol. The fraction of sp³-hybridized carbons (Fsp3) is 0.545. The fourth-order valence-electron chi connectivity index (χ4n) is 1.19. The molecule has 0 aliphatic heterocycles. The quantitative estimate of drug-likeness (QED) is 0.842. The van der Waals surface area contributed by atoms with E-state index in [4.69, 9.17) is 4.42 Å². The highest BCUT2D eigenvalue weighted by Crippen LogP contribution is 2.13. The molecule has 90 valence electrons. The second-order valence-corrected chi connectivity index (χ2v) is 4.38. The first kappa shape index (κ1) is 13.3. The molecule has 0 spiro atoms. The predicted molar refractivity (Wildman–Crippen MR) is 66.0 cm³/mol. The van der Waals surface area contributed by atoms with Crippen molar-refractivity contribution in [3.8, 4) is 0 Å². The van der Waals surface area contributed by atoms with Gasteiger partial charge in [0, 0.05) is 6.54 Å². The summed E-state index contributed by atoms with van der Waals surface area (Å²) in [6.45, 7) is 5.13. The summed E-state index contributed by atoms with van der Waals surface area (Å²) >= 11 is 3.23. The van der Waals surface area contributed by atoms with E-state index in [1.165, 1.54) is 0 Å². The summed E-state index contributed by atoms with van der Waals surface area (Å²) in [6, 6.07) is 3.49.